The van der Waals surface area contributed by atoms with Crippen molar-refractivity contribution in [2.75, 3.05) is 0 Å². The summed E-state index contributed by atoms with van der Waals surface area (Å²) in [5.41, 5.74) is 3.05. The summed E-state index contributed by atoms with van der Waals surface area (Å²) in [4.78, 5) is 25.2. The lowest BCUT2D eigenvalue weighted by Gasteiger charge is -2.39. The van der Waals surface area contributed by atoms with Crippen LogP contribution in [-0.2, 0) is 5.41 Å². The first kappa shape index (κ1) is 14.8. The molecule has 1 aromatic carbocycles. The van der Waals surface area contributed by atoms with Crippen molar-refractivity contribution in [1.29, 1.82) is 0 Å². The molecule has 3 aliphatic carbocycles. The third kappa shape index (κ3) is 1.69. The van der Waals surface area contributed by atoms with Gasteiger partial charge in [0.05, 0.1) is 17.8 Å². The Kier molecular flexibility index (Phi) is 2.70. The van der Waals surface area contributed by atoms with Gasteiger partial charge in [-0.15, -0.1) is 0 Å². The van der Waals surface area contributed by atoms with Gasteiger partial charge in [-0.2, -0.15) is 0 Å². The number of hydrogen-bond acceptors (Lipinski definition) is 5. The molecule has 25 heavy (non-hydrogen) atoms. The molecule has 0 spiro atoms. The molecule has 126 valence electrons. The summed E-state index contributed by atoms with van der Waals surface area (Å²) in [6.45, 7) is 2.01. The van der Waals surface area contributed by atoms with Crippen molar-refractivity contribution < 1.29 is 24.2 Å². The molecule has 2 N–H and O–H groups in total. The highest BCUT2D eigenvalue weighted by Gasteiger charge is 2.48. The Balaban J connectivity index is 1.83. The maximum absolute atomic E-state index is 13.0. The van der Waals surface area contributed by atoms with Gasteiger partial charge in [-0.1, -0.05) is 25.1 Å². The minimum Gasteiger partial charge on any atom is -0.460 e. The highest BCUT2D eigenvalue weighted by Crippen LogP contribution is 2.51. The number of aliphatic hydroxyl groups is 2. The largest absolute Gasteiger partial charge is 0.460 e. The van der Waals surface area contributed by atoms with Crippen molar-refractivity contribution in [3.63, 3.8) is 0 Å². The van der Waals surface area contributed by atoms with Crippen molar-refractivity contribution in [3.05, 3.63) is 69.7 Å². The molecule has 5 rings (SSSR count). The smallest absolute Gasteiger partial charge is 0.228 e. The van der Waals surface area contributed by atoms with Crippen LogP contribution in [0.25, 0.3) is 0 Å². The second-order valence-corrected chi connectivity index (χ2v) is 7.24. The van der Waals surface area contributed by atoms with E-state index in [2.05, 4.69) is 0 Å². The van der Waals surface area contributed by atoms with Crippen molar-refractivity contribution in [1.82, 2.24) is 0 Å². The summed E-state index contributed by atoms with van der Waals surface area (Å²) in [6.07, 6.45) is 3.75. The normalized spacial score (nSPS) is 29.2. The van der Waals surface area contributed by atoms with Gasteiger partial charge in [0.15, 0.2) is 11.5 Å². The molecule has 0 saturated carbocycles. The average molecular weight is 336 g/mol. The SMILES string of the molecule is C[C@@]12CCC(=O)c3coc(c31)C(=O)c1cc3c(cc12)[C@@H](O)C=C[C@H]3O. The summed E-state index contributed by atoms with van der Waals surface area (Å²) in [6, 6.07) is 3.48. The fourth-order valence-electron chi connectivity index (χ4n) is 4.50. The van der Waals surface area contributed by atoms with Crippen molar-refractivity contribution in [2.45, 2.75) is 37.4 Å². The van der Waals surface area contributed by atoms with Crippen molar-refractivity contribution in [3.8, 4) is 0 Å². The summed E-state index contributed by atoms with van der Waals surface area (Å²) < 4.78 is 5.49. The molecular weight excluding hydrogens is 320 g/mol. The number of benzene rings is 1. The molecule has 0 saturated heterocycles. The molecule has 0 unspecified atom stereocenters. The number of rotatable bonds is 0. The van der Waals surface area contributed by atoms with E-state index in [1.165, 1.54) is 12.3 Å². The molecule has 5 heteroatoms. The first-order valence-electron chi connectivity index (χ1n) is 8.34. The minimum absolute atomic E-state index is 0.00456. The number of hydrogen-bond donors (Lipinski definition) is 2. The average Bonchev–Trinajstić information content (AvgIpc) is 3.06. The van der Waals surface area contributed by atoms with E-state index in [1.807, 2.05) is 13.0 Å². The van der Waals surface area contributed by atoms with Gasteiger partial charge in [0.1, 0.15) is 6.26 Å². The molecule has 5 nitrogen and oxygen atoms in total. The number of carbonyl (C=O) groups excluding carboxylic acids is 2. The van der Waals surface area contributed by atoms with E-state index < -0.39 is 17.6 Å². The van der Waals surface area contributed by atoms with Crippen LogP contribution in [0.4, 0.5) is 0 Å². The first-order valence-corrected chi connectivity index (χ1v) is 8.34. The van der Waals surface area contributed by atoms with Gasteiger partial charge in [0.2, 0.25) is 5.78 Å². The Morgan fingerprint density at radius 3 is 2.48 bits per heavy atom. The van der Waals surface area contributed by atoms with Crippen LogP contribution in [0.3, 0.4) is 0 Å². The summed E-state index contributed by atoms with van der Waals surface area (Å²) >= 11 is 0. The van der Waals surface area contributed by atoms with E-state index in [9.17, 15) is 19.8 Å². The van der Waals surface area contributed by atoms with E-state index in [0.29, 0.717) is 40.7 Å². The Labute approximate surface area is 143 Å². The standard InChI is InChI=1S/C20H16O5/c1-20-5-4-16(23)12-8-25-19(17(12)20)18(24)11-6-9-10(7-13(11)20)15(22)3-2-14(9)21/h2-3,6-8,14-15,21-22H,4-5H2,1H3/t14-,15+,20+/m1/s1. The van der Waals surface area contributed by atoms with Gasteiger partial charge in [-0.05, 0) is 29.2 Å². The molecule has 0 fully saturated rings. The number of carbonyl (C=O) groups is 2. The van der Waals surface area contributed by atoms with E-state index >= 15 is 0 Å². The Morgan fingerprint density at radius 1 is 1.08 bits per heavy atom. The predicted octanol–water partition coefficient (Wildman–Crippen LogP) is 2.74. The minimum atomic E-state index is -0.856. The van der Waals surface area contributed by atoms with Crippen LogP contribution in [0, 0.1) is 0 Å². The lowest BCUT2D eigenvalue weighted by molar-refractivity contribution is 0.0957. The Bertz CT molecular complexity index is 996. The second kappa shape index (κ2) is 4.56. The predicted molar refractivity (Wildman–Crippen MR) is 87.7 cm³/mol. The zero-order chi connectivity index (χ0) is 17.5. The van der Waals surface area contributed by atoms with Crippen LogP contribution >= 0.6 is 0 Å². The fraction of sp³-hybridized carbons (Fsp3) is 0.300. The molecule has 0 bridgehead atoms. The van der Waals surface area contributed by atoms with Gasteiger partial charge >= 0.3 is 0 Å². The fourth-order valence-corrected chi connectivity index (χ4v) is 4.50. The molecule has 3 aliphatic rings. The van der Waals surface area contributed by atoms with Gasteiger partial charge in [0.25, 0.3) is 0 Å². The summed E-state index contributed by atoms with van der Waals surface area (Å²) in [5, 5.41) is 20.5. The van der Waals surface area contributed by atoms with E-state index in [4.69, 9.17) is 4.42 Å². The number of fused-ring (bicyclic) bond motifs is 3. The lowest BCUT2D eigenvalue weighted by Crippen LogP contribution is -2.37. The van der Waals surface area contributed by atoms with Gasteiger partial charge < -0.3 is 14.6 Å². The van der Waals surface area contributed by atoms with Crippen molar-refractivity contribution in [2.24, 2.45) is 0 Å². The molecule has 1 heterocycles. The molecule has 2 aromatic rings. The monoisotopic (exact) mass is 336 g/mol. The first-order chi connectivity index (χ1) is 11.9. The van der Waals surface area contributed by atoms with E-state index in [-0.39, 0.29) is 17.3 Å². The number of ketones is 2. The van der Waals surface area contributed by atoms with Crippen LogP contribution in [0.15, 0.2) is 35.0 Å². The maximum Gasteiger partial charge on any atom is 0.228 e. The molecule has 1 aromatic heterocycles. The highest BCUT2D eigenvalue weighted by atomic mass is 16.3. The van der Waals surface area contributed by atoms with E-state index in [1.54, 1.807) is 12.1 Å². The van der Waals surface area contributed by atoms with Gasteiger partial charge in [-0.3, -0.25) is 9.59 Å². The summed E-state index contributed by atoms with van der Waals surface area (Å²) in [7, 11) is 0. The highest BCUT2D eigenvalue weighted by molar-refractivity contribution is 6.14. The third-order valence-corrected chi connectivity index (χ3v) is 5.88. The molecule has 0 aliphatic heterocycles. The van der Waals surface area contributed by atoms with Crippen LogP contribution in [0.1, 0.15) is 80.7 Å². The van der Waals surface area contributed by atoms with Gasteiger partial charge in [0, 0.05) is 23.0 Å². The van der Waals surface area contributed by atoms with E-state index in [0.717, 1.165) is 5.56 Å². The van der Waals surface area contributed by atoms with Crippen LogP contribution in [-0.4, -0.2) is 21.8 Å². The molecule has 0 amide bonds. The van der Waals surface area contributed by atoms with Crippen LogP contribution in [0.5, 0.6) is 0 Å². The van der Waals surface area contributed by atoms with Crippen LogP contribution in [0.2, 0.25) is 0 Å². The Hall–Kier alpha value is -2.50. The second-order valence-electron chi connectivity index (χ2n) is 7.24. The number of Topliss-reactive ketones (excluding diaryl/α,β-unsaturated/α-hetero) is 1. The van der Waals surface area contributed by atoms with Gasteiger partial charge in [-0.25, -0.2) is 0 Å². The molecule has 3 atom stereocenters. The molecule has 0 radical (unpaired) electrons. The zero-order valence-corrected chi connectivity index (χ0v) is 13.6. The molecular formula is C20H16O5. The third-order valence-electron chi connectivity index (χ3n) is 5.88. The summed E-state index contributed by atoms with van der Waals surface area (Å²) in [5.74, 6) is -0.0584. The Morgan fingerprint density at radius 2 is 1.76 bits per heavy atom. The lowest BCUT2D eigenvalue weighted by atomic mass is 9.62. The topological polar surface area (TPSA) is 87.7 Å². The van der Waals surface area contributed by atoms with Crippen LogP contribution < -0.4 is 0 Å². The van der Waals surface area contributed by atoms with Crippen molar-refractivity contribution >= 4 is 11.6 Å². The number of aliphatic hydroxyl groups excluding tert-OH is 2. The number of furan rings is 1. The zero-order valence-electron chi connectivity index (χ0n) is 13.6. The quantitative estimate of drug-likeness (QED) is 0.722. The maximum atomic E-state index is 13.0.